The number of nitrogens with zero attached hydrogens (tertiary/aromatic N) is 1. The van der Waals surface area contributed by atoms with Crippen LogP contribution >= 0.6 is 0 Å². The minimum absolute atomic E-state index is 0.109. The van der Waals surface area contributed by atoms with Crippen LogP contribution in [0.1, 0.15) is 36.5 Å². The zero-order chi connectivity index (χ0) is 15.4. The fourth-order valence-electron chi connectivity index (χ4n) is 3.00. The standard InChI is InChI=1S/C16H20FNO3/c1-2-11-10-18(8-7-13(11)9-15(19)20)16(21)12-3-5-14(17)6-4-12/h3-6,11,13H,2,7-10H2,1H3,(H,19,20). The van der Waals surface area contributed by atoms with Crippen molar-refractivity contribution < 1.29 is 19.1 Å². The van der Waals surface area contributed by atoms with Gasteiger partial charge < -0.3 is 10.0 Å². The maximum absolute atomic E-state index is 12.9. The van der Waals surface area contributed by atoms with Crippen molar-refractivity contribution in [3.05, 3.63) is 35.6 Å². The molecule has 1 aromatic carbocycles. The molecular weight excluding hydrogens is 273 g/mol. The largest absolute Gasteiger partial charge is 0.481 e. The number of piperidine rings is 1. The number of hydrogen-bond donors (Lipinski definition) is 1. The van der Waals surface area contributed by atoms with Crippen molar-refractivity contribution in [2.45, 2.75) is 26.2 Å². The molecule has 4 nitrogen and oxygen atoms in total. The molecule has 2 rings (SSSR count). The third kappa shape index (κ3) is 3.80. The zero-order valence-corrected chi connectivity index (χ0v) is 12.1. The Balaban J connectivity index is 2.04. The molecule has 0 radical (unpaired) electrons. The molecule has 1 fully saturated rings. The van der Waals surface area contributed by atoms with Gasteiger partial charge in [-0.25, -0.2) is 4.39 Å². The first-order chi connectivity index (χ1) is 10.0. The minimum atomic E-state index is -0.781. The fourth-order valence-corrected chi connectivity index (χ4v) is 3.00. The Morgan fingerprint density at radius 3 is 2.52 bits per heavy atom. The quantitative estimate of drug-likeness (QED) is 0.928. The van der Waals surface area contributed by atoms with Crippen LogP contribution in [-0.4, -0.2) is 35.0 Å². The normalized spacial score (nSPS) is 22.1. The van der Waals surface area contributed by atoms with Gasteiger partial charge in [0.05, 0.1) is 0 Å². The maximum atomic E-state index is 12.9. The smallest absolute Gasteiger partial charge is 0.303 e. The number of carboxylic acid groups (broad SMARTS) is 1. The summed E-state index contributed by atoms with van der Waals surface area (Å²) in [5.41, 5.74) is 0.475. The average Bonchev–Trinajstić information content (AvgIpc) is 2.47. The van der Waals surface area contributed by atoms with Crippen molar-refractivity contribution in [1.82, 2.24) is 4.90 Å². The van der Waals surface area contributed by atoms with Crippen molar-refractivity contribution >= 4 is 11.9 Å². The molecule has 1 amide bonds. The molecule has 1 N–H and O–H groups in total. The van der Waals surface area contributed by atoms with Gasteiger partial charge in [0.2, 0.25) is 0 Å². The highest BCUT2D eigenvalue weighted by molar-refractivity contribution is 5.94. The molecular formula is C16H20FNO3. The van der Waals surface area contributed by atoms with Crippen LogP contribution in [-0.2, 0) is 4.79 Å². The van der Waals surface area contributed by atoms with Crippen LogP contribution in [0.2, 0.25) is 0 Å². The molecule has 0 spiro atoms. The Labute approximate surface area is 123 Å². The van der Waals surface area contributed by atoms with E-state index in [1.807, 2.05) is 6.92 Å². The molecule has 0 aromatic heterocycles. The molecule has 0 saturated carbocycles. The number of halogens is 1. The lowest BCUT2D eigenvalue weighted by Gasteiger charge is -2.37. The maximum Gasteiger partial charge on any atom is 0.303 e. The number of carboxylic acids is 1. The topological polar surface area (TPSA) is 57.6 Å². The summed E-state index contributed by atoms with van der Waals surface area (Å²) in [6, 6.07) is 5.54. The Morgan fingerprint density at radius 2 is 1.95 bits per heavy atom. The zero-order valence-electron chi connectivity index (χ0n) is 12.1. The summed E-state index contributed by atoms with van der Waals surface area (Å²) in [6.45, 7) is 3.15. The van der Waals surface area contributed by atoms with E-state index in [1.165, 1.54) is 24.3 Å². The second-order valence-electron chi connectivity index (χ2n) is 5.57. The van der Waals surface area contributed by atoms with Gasteiger partial charge in [-0.15, -0.1) is 0 Å². The lowest BCUT2D eigenvalue weighted by atomic mass is 9.81. The lowest BCUT2D eigenvalue weighted by molar-refractivity contribution is -0.139. The molecule has 1 aromatic rings. The van der Waals surface area contributed by atoms with E-state index in [0.29, 0.717) is 25.1 Å². The molecule has 5 heteroatoms. The Kier molecular flexibility index (Phi) is 4.94. The fraction of sp³-hybridized carbons (Fsp3) is 0.500. The van der Waals surface area contributed by atoms with Gasteiger partial charge in [-0.1, -0.05) is 13.3 Å². The molecule has 1 aliphatic rings. The highest BCUT2D eigenvalue weighted by atomic mass is 19.1. The second-order valence-corrected chi connectivity index (χ2v) is 5.57. The molecule has 21 heavy (non-hydrogen) atoms. The van der Waals surface area contributed by atoms with E-state index in [9.17, 15) is 14.0 Å². The van der Waals surface area contributed by atoms with E-state index in [-0.39, 0.29) is 30.0 Å². The molecule has 1 aliphatic heterocycles. The molecule has 2 atom stereocenters. The van der Waals surface area contributed by atoms with Crippen molar-refractivity contribution in [3.8, 4) is 0 Å². The SMILES string of the molecule is CCC1CN(C(=O)c2ccc(F)cc2)CCC1CC(=O)O. The van der Waals surface area contributed by atoms with Gasteiger partial charge in [0, 0.05) is 25.1 Å². The van der Waals surface area contributed by atoms with E-state index in [4.69, 9.17) is 5.11 Å². The number of benzene rings is 1. The molecule has 0 bridgehead atoms. The van der Waals surface area contributed by atoms with Crippen molar-refractivity contribution in [3.63, 3.8) is 0 Å². The Hall–Kier alpha value is -1.91. The van der Waals surface area contributed by atoms with Crippen LogP contribution < -0.4 is 0 Å². The highest BCUT2D eigenvalue weighted by Crippen LogP contribution is 2.29. The second kappa shape index (κ2) is 6.70. The van der Waals surface area contributed by atoms with E-state index in [0.717, 1.165) is 6.42 Å². The van der Waals surface area contributed by atoms with Crippen LogP contribution in [0.3, 0.4) is 0 Å². The number of aliphatic carboxylic acids is 1. The summed E-state index contributed by atoms with van der Waals surface area (Å²) >= 11 is 0. The number of carbonyl (C=O) groups is 2. The monoisotopic (exact) mass is 293 g/mol. The molecule has 114 valence electrons. The van der Waals surface area contributed by atoms with Crippen LogP contribution in [0.4, 0.5) is 4.39 Å². The number of hydrogen-bond acceptors (Lipinski definition) is 2. The summed E-state index contributed by atoms with van der Waals surface area (Å²) in [7, 11) is 0. The van der Waals surface area contributed by atoms with E-state index in [2.05, 4.69) is 0 Å². The average molecular weight is 293 g/mol. The number of rotatable bonds is 4. The van der Waals surface area contributed by atoms with E-state index < -0.39 is 5.97 Å². The molecule has 1 heterocycles. The van der Waals surface area contributed by atoms with Gasteiger partial charge >= 0.3 is 5.97 Å². The van der Waals surface area contributed by atoms with Crippen molar-refractivity contribution in [2.24, 2.45) is 11.8 Å². The Bertz CT molecular complexity index is 515. The van der Waals surface area contributed by atoms with Crippen LogP contribution in [0.25, 0.3) is 0 Å². The summed E-state index contributed by atoms with van der Waals surface area (Å²) in [6.07, 6.45) is 1.72. The third-order valence-electron chi connectivity index (χ3n) is 4.23. The molecule has 2 unspecified atom stereocenters. The number of carbonyl (C=O) groups excluding carboxylic acids is 1. The number of likely N-dealkylation sites (tertiary alicyclic amines) is 1. The van der Waals surface area contributed by atoms with E-state index >= 15 is 0 Å². The summed E-state index contributed by atoms with van der Waals surface area (Å²) in [5.74, 6) is -0.916. The van der Waals surface area contributed by atoms with E-state index in [1.54, 1.807) is 4.90 Å². The third-order valence-corrected chi connectivity index (χ3v) is 4.23. The molecule has 1 saturated heterocycles. The van der Waals surface area contributed by atoms with Gasteiger partial charge in [-0.05, 0) is 42.5 Å². The summed E-state index contributed by atoms with van der Waals surface area (Å²) < 4.78 is 12.9. The van der Waals surface area contributed by atoms with Gasteiger partial charge in [0.25, 0.3) is 5.91 Å². The van der Waals surface area contributed by atoms with Crippen LogP contribution in [0.15, 0.2) is 24.3 Å². The van der Waals surface area contributed by atoms with Crippen LogP contribution in [0.5, 0.6) is 0 Å². The predicted octanol–water partition coefficient (Wildman–Crippen LogP) is 2.79. The van der Waals surface area contributed by atoms with Crippen LogP contribution in [0, 0.1) is 17.7 Å². The first-order valence-electron chi connectivity index (χ1n) is 7.28. The van der Waals surface area contributed by atoms with Gasteiger partial charge in [0.15, 0.2) is 0 Å². The molecule has 0 aliphatic carbocycles. The van der Waals surface area contributed by atoms with Gasteiger partial charge in [-0.3, -0.25) is 9.59 Å². The first-order valence-corrected chi connectivity index (χ1v) is 7.28. The van der Waals surface area contributed by atoms with Gasteiger partial charge in [-0.2, -0.15) is 0 Å². The summed E-state index contributed by atoms with van der Waals surface area (Å²) in [4.78, 5) is 25.0. The lowest BCUT2D eigenvalue weighted by Crippen LogP contribution is -2.44. The first kappa shape index (κ1) is 15.5. The van der Waals surface area contributed by atoms with Crippen molar-refractivity contribution in [2.75, 3.05) is 13.1 Å². The summed E-state index contributed by atoms with van der Waals surface area (Å²) in [5, 5.41) is 8.94. The van der Waals surface area contributed by atoms with Gasteiger partial charge in [0.1, 0.15) is 5.82 Å². The minimum Gasteiger partial charge on any atom is -0.481 e. The Morgan fingerprint density at radius 1 is 1.29 bits per heavy atom. The predicted molar refractivity (Wildman–Crippen MR) is 76.4 cm³/mol. The highest BCUT2D eigenvalue weighted by Gasteiger charge is 2.31. The number of amides is 1. The van der Waals surface area contributed by atoms with Crippen molar-refractivity contribution in [1.29, 1.82) is 0 Å².